The normalized spacial score (nSPS) is 14.5. The van der Waals surface area contributed by atoms with Crippen LogP contribution in [0.2, 0.25) is 0 Å². The molecule has 6 aromatic carbocycles. The molecule has 2 N–H and O–H groups in total. The molecule has 0 spiro atoms. The second kappa shape index (κ2) is 19.1. The van der Waals surface area contributed by atoms with Crippen molar-refractivity contribution in [3.63, 3.8) is 0 Å². The Labute approximate surface area is 400 Å². The molecule has 0 saturated carbocycles. The van der Waals surface area contributed by atoms with Gasteiger partial charge < -0.3 is 10.6 Å². The van der Waals surface area contributed by atoms with Crippen molar-refractivity contribution in [2.24, 2.45) is 0 Å². The summed E-state index contributed by atoms with van der Waals surface area (Å²) in [6, 6.07) is 58.3. The van der Waals surface area contributed by atoms with E-state index in [4.69, 9.17) is 0 Å². The summed E-state index contributed by atoms with van der Waals surface area (Å²) in [7, 11) is 4.71. The van der Waals surface area contributed by atoms with Crippen LogP contribution >= 0.6 is 0 Å². The highest BCUT2D eigenvalue weighted by Gasteiger charge is 2.29. The first-order chi connectivity index (χ1) is 31.1. The average molecular weight is 865 g/mol. The van der Waals surface area contributed by atoms with Crippen LogP contribution < -0.4 is 21.6 Å². The molecule has 0 bridgehead atoms. The molecule has 2 nitrogen and oxygen atoms in total. The molecule has 7 rings (SSSR count). The lowest BCUT2D eigenvalue weighted by atomic mass is 9.58. The van der Waals surface area contributed by atoms with Gasteiger partial charge in [-0.25, -0.2) is 0 Å². The molecule has 66 heavy (non-hydrogen) atoms. The van der Waals surface area contributed by atoms with Gasteiger partial charge in [-0.15, -0.1) is 0 Å². The number of hydrogen-bond donors (Lipinski definition) is 2. The summed E-state index contributed by atoms with van der Waals surface area (Å²) in [5.74, 6) is 0. The van der Waals surface area contributed by atoms with Crippen molar-refractivity contribution in [1.82, 2.24) is 10.6 Å². The van der Waals surface area contributed by atoms with Crippen molar-refractivity contribution >= 4 is 47.6 Å². The summed E-state index contributed by atoms with van der Waals surface area (Å²) in [4.78, 5) is 0. The molecule has 0 aliphatic carbocycles. The third-order valence-electron chi connectivity index (χ3n) is 12.8. The Morgan fingerprint density at radius 1 is 0.318 bits per heavy atom. The first-order valence-corrected chi connectivity index (χ1v) is 23.8. The molecule has 0 amide bonds. The van der Waals surface area contributed by atoms with Gasteiger partial charge in [0.05, 0.1) is 11.4 Å². The van der Waals surface area contributed by atoms with Crippen LogP contribution in [0.25, 0.3) is 22.1 Å². The Morgan fingerprint density at radius 3 is 0.803 bits per heavy atom. The van der Waals surface area contributed by atoms with Crippen molar-refractivity contribution in [3.8, 4) is 0 Å². The predicted molar refractivity (Wildman–Crippen MR) is 290 cm³/mol. The maximum Gasteiger partial charge on any atom is 0.193 e. The molecule has 6 aromatic rings. The van der Waals surface area contributed by atoms with Crippen LogP contribution in [0.5, 0.6) is 0 Å². The van der Waals surface area contributed by atoms with Gasteiger partial charge in [-0.3, -0.25) is 0 Å². The monoisotopic (exact) mass is 865 g/mol. The van der Waals surface area contributed by atoms with Gasteiger partial charge >= 0.3 is 0 Å². The van der Waals surface area contributed by atoms with Gasteiger partial charge in [0.2, 0.25) is 0 Å². The molecule has 0 fully saturated rings. The molecular formula is C62H70B2N2. The van der Waals surface area contributed by atoms with Crippen molar-refractivity contribution in [1.29, 1.82) is 0 Å². The standard InChI is InChI=1S/C62H70B2N2/c1-41-57(53(43-25-33-47(34-26-43)59(3,4)5)55(63-51-21-17-15-18-22-51)45-29-37-49(38-30-45)61(9,10)11)66-42(2)58(65-41)54(44-27-35-48(36-28-44)60(6,7)8)56(64-52-23-19-16-20-24-52)46-31-39-50(40-32-46)62(12,13)14/h15-40,65-66H,1-14H3/b55-53-,56-54-. The van der Waals surface area contributed by atoms with Crippen molar-refractivity contribution in [3.05, 3.63) is 225 Å². The van der Waals surface area contributed by atoms with Crippen molar-refractivity contribution in [2.75, 3.05) is 0 Å². The van der Waals surface area contributed by atoms with Gasteiger partial charge in [-0.05, 0) is 80.0 Å². The van der Waals surface area contributed by atoms with Crippen molar-refractivity contribution in [2.45, 2.75) is 119 Å². The Balaban J connectivity index is 1.49. The molecule has 0 unspecified atom stereocenters. The van der Waals surface area contributed by atoms with Crippen LogP contribution in [0.1, 0.15) is 141 Å². The Kier molecular flexibility index (Phi) is 13.9. The van der Waals surface area contributed by atoms with E-state index in [0.717, 1.165) is 78.1 Å². The lowest BCUT2D eigenvalue weighted by molar-refractivity contribution is 0.590. The summed E-state index contributed by atoms with van der Waals surface area (Å²) in [5.41, 5.74) is 21.0. The van der Waals surface area contributed by atoms with Gasteiger partial charge in [0.25, 0.3) is 0 Å². The Morgan fingerprint density at radius 2 is 0.561 bits per heavy atom. The summed E-state index contributed by atoms with van der Waals surface area (Å²) in [5, 5.41) is 8.17. The minimum Gasteiger partial charge on any atom is -0.356 e. The first kappa shape index (κ1) is 48.0. The lowest BCUT2D eigenvalue weighted by Gasteiger charge is -2.32. The molecule has 1 aliphatic rings. The summed E-state index contributed by atoms with van der Waals surface area (Å²) in [6.45, 7) is 31.8. The van der Waals surface area contributed by atoms with E-state index < -0.39 is 0 Å². The fourth-order valence-corrected chi connectivity index (χ4v) is 8.66. The minimum absolute atomic E-state index is 0.0214. The number of hydrogen-bond acceptors (Lipinski definition) is 2. The van der Waals surface area contributed by atoms with Gasteiger partial charge in [-0.1, -0.05) is 263 Å². The number of benzene rings is 6. The van der Waals surface area contributed by atoms with Crippen LogP contribution in [0, 0.1) is 0 Å². The molecule has 334 valence electrons. The second-order valence-corrected chi connectivity index (χ2v) is 22.2. The topological polar surface area (TPSA) is 24.1 Å². The van der Waals surface area contributed by atoms with Crippen LogP contribution in [-0.4, -0.2) is 14.6 Å². The molecule has 0 saturated heterocycles. The highest BCUT2D eigenvalue weighted by molar-refractivity contribution is 6.76. The van der Waals surface area contributed by atoms with E-state index in [2.05, 4.69) is 280 Å². The molecule has 0 atom stereocenters. The van der Waals surface area contributed by atoms with E-state index in [9.17, 15) is 0 Å². The summed E-state index contributed by atoms with van der Waals surface area (Å²) >= 11 is 0. The maximum absolute atomic E-state index is 4.09. The van der Waals surface area contributed by atoms with Gasteiger partial charge in [0, 0.05) is 22.5 Å². The highest BCUT2D eigenvalue weighted by atomic mass is 15.0. The molecule has 2 radical (unpaired) electrons. The van der Waals surface area contributed by atoms with Gasteiger partial charge in [-0.2, -0.15) is 0 Å². The van der Waals surface area contributed by atoms with Gasteiger partial charge in [0.1, 0.15) is 0 Å². The van der Waals surface area contributed by atoms with E-state index in [1.807, 2.05) is 0 Å². The largest absolute Gasteiger partial charge is 0.356 e. The zero-order valence-corrected chi connectivity index (χ0v) is 42.2. The smallest absolute Gasteiger partial charge is 0.193 e. The van der Waals surface area contributed by atoms with Crippen molar-refractivity contribution < 1.29 is 0 Å². The van der Waals surface area contributed by atoms with E-state index in [1.54, 1.807) is 0 Å². The third-order valence-corrected chi connectivity index (χ3v) is 12.8. The van der Waals surface area contributed by atoms with Crippen LogP contribution in [-0.2, 0) is 21.7 Å². The first-order valence-electron chi connectivity index (χ1n) is 23.8. The zero-order valence-electron chi connectivity index (χ0n) is 42.2. The van der Waals surface area contributed by atoms with Crippen LogP contribution in [0.4, 0.5) is 0 Å². The number of nitrogens with one attached hydrogen (secondary N) is 2. The second-order valence-electron chi connectivity index (χ2n) is 22.2. The molecule has 1 heterocycles. The maximum atomic E-state index is 4.09. The SMILES string of the molecule is CC1=C(/C(=C(\[B]c2ccccc2)c2ccc(C(C)(C)C)cc2)c2ccc(C(C)(C)C)cc2)NC(C)=C(/C(=C(\[B]c2ccccc2)c2ccc(C(C)(C)C)cc2)c2ccc(C(C)(C)C)cc2)N1. The van der Waals surface area contributed by atoms with Gasteiger partial charge in [0.15, 0.2) is 14.6 Å². The van der Waals surface area contributed by atoms with E-state index in [1.165, 1.54) is 22.3 Å². The third kappa shape index (κ3) is 11.2. The minimum atomic E-state index is 0.0214. The lowest BCUT2D eigenvalue weighted by Crippen LogP contribution is -2.32. The number of allylic oxidation sites excluding steroid dienone is 4. The number of rotatable bonds is 10. The molecule has 0 aromatic heterocycles. The fourth-order valence-electron chi connectivity index (χ4n) is 8.66. The van der Waals surface area contributed by atoms with E-state index in [-0.39, 0.29) is 21.7 Å². The predicted octanol–water partition coefficient (Wildman–Crippen LogP) is 14.0. The zero-order chi connectivity index (χ0) is 47.6. The van der Waals surface area contributed by atoms with Crippen LogP contribution in [0.3, 0.4) is 0 Å². The summed E-state index contributed by atoms with van der Waals surface area (Å²) < 4.78 is 0. The highest BCUT2D eigenvalue weighted by Crippen LogP contribution is 2.40. The van der Waals surface area contributed by atoms with E-state index in [0.29, 0.717) is 0 Å². The quantitative estimate of drug-likeness (QED) is 0.106. The Hall–Kier alpha value is -5.99. The van der Waals surface area contributed by atoms with Crippen LogP contribution in [0.15, 0.2) is 181 Å². The average Bonchev–Trinajstić information content (AvgIpc) is 3.27. The molecular weight excluding hydrogens is 794 g/mol. The molecule has 4 heteroatoms. The Bertz CT molecular complexity index is 2560. The summed E-state index contributed by atoms with van der Waals surface area (Å²) in [6.07, 6.45) is 0. The van der Waals surface area contributed by atoms with E-state index >= 15 is 0 Å². The fraction of sp³-hybridized carbons (Fsp3) is 0.290. The molecule has 1 aliphatic heterocycles.